The minimum Gasteiger partial charge on any atom is -0.461 e. The molecule has 24 heavy (non-hydrogen) atoms. The second-order valence-electron chi connectivity index (χ2n) is 4.82. The molecule has 2 N–H and O–H groups in total. The molecule has 0 spiro atoms. The van der Waals surface area contributed by atoms with Crippen molar-refractivity contribution in [3.05, 3.63) is 41.2 Å². The number of aryl methyl sites for hydroxylation is 1. The number of hydrogen-bond acceptors (Lipinski definition) is 6. The molecule has 0 saturated heterocycles. The van der Waals surface area contributed by atoms with E-state index in [-0.39, 0.29) is 18.1 Å². The lowest BCUT2D eigenvalue weighted by molar-refractivity contribution is -0.122. The van der Waals surface area contributed by atoms with Crippen LogP contribution in [0.2, 0.25) is 0 Å². The van der Waals surface area contributed by atoms with Gasteiger partial charge in [0.1, 0.15) is 0 Å². The second-order valence-corrected chi connectivity index (χ2v) is 4.82. The van der Waals surface area contributed by atoms with Gasteiger partial charge in [0, 0.05) is 5.56 Å². The normalized spacial score (nSPS) is 10.0. The monoisotopic (exact) mass is 328 g/mol. The van der Waals surface area contributed by atoms with Gasteiger partial charge in [-0.05, 0) is 26.0 Å². The number of aromatic nitrogens is 2. The van der Waals surface area contributed by atoms with Crippen LogP contribution in [0.25, 0.3) is 11.4 Å². The number of nitrogens with zero attached hydrogens (tertiary/aromatic N) is 3. The third-order valence-electron chi connectivity index (χ3n) is 3.07. The number of ether oxygens (including phenoxy) is 1. The summed E-state index contributed by atoms with van der Waals surface area (Å²) in [7, 11) is 0. The highest BCUT2D eigenvalue weighted by atomic mass is 16.7. The zero-order valence-electron chi connectivity index (χ0n) is 13.3. The molecule has 8 nitrogen and oxygen atoms in total. The van der Waals surface area contributed by atoms with Crippen molar-refractivity contribution < 1.29 is 19.2 Å². The molecule has 0 atom stereocenters. The molecule has 8 heteroatoms. The molecule has 2 rings (SSSR count). The van der Waals surface area contributed by atoms with Gasteiger partial charge in [-0.3, -0.25) is 4.79 Å². The SMILES string of the molecule is CCOC(=O)c1c(C)nc(-c2cccc(C#N)c2)n1OCC(N)=O. The van der Waals surface area contributed by atoms with Crippen molar-refractivity contribution in [3.8, 4) is 17.5 Å². The Kier molecular flexibility index (Phi) is 5.16. The Morgan fingerprint density at radius 1 is 1.42 bits per heavy atom. The van der Waals surface area contributed by atoms with Gasteiger partial charge in [0.15, 0.2) is 18.1 Å². The molecule has 124 valence electrons. The molecule has 1 aromatic heterocycles. The molecule has 0 unspecified atom stereocenters. The van der Waals surface area contributed by atoms with Gasteiger partial charge in [0.05, 0.1) is 23.9 Å². The van der Waals surface area contributed by atoms with Crippen molar-refractivity contribution in [2.45, 2.75) is 13.8 Å². The van der Waals surface area contributed by atoms with E-state index in [0.717, 1.165) is 4.73 Å². The lowest BCUT2D eigenvalue weighted by atomic mass is 10.1. The fraction of sp³-hybridized carbons (Fsp3) is 0.250. The van der Waals surface area contributed by atoms with Crippen LogP contribution < -0.4 is 10.6 Å². The summed E-state index contributed by atoms with van der Waals surface area (Å²) in [6.45, 7) is 3.04. The molecule has 0 saturated carbocycles. The second kappa shape index (κ2) is 7.28. The summed E-state index contributed by atoms with van der Waals surface area (Å²) in [4.78, 5) is 32.9. The molecular formula is C16H16N4O4. The van der Waals surface area contributed by atoms with Gasteiger partial charge in [0.2, 0.25) is 0 Å². The van der Waals surface area contributed by atoms with Crippen LogP contribution in [0.4, 0.5) is 0 Å². The van der Waals surface area contributed by atoms with Crippen molar-refractivity contribution in [1.29, 1.82) is 5.26 Å². The Balaban J connectivity index is 2.57. The highest BCUT2D eigenvalue weighted by Gasteiger charge is 2.24. The summed E-state index contributed by atoms with van der Waals surface area (Å²) in [5.41, 5.74) is 6.52. The van der Waals surface area contributed by atoms with E-state index in [1.165, 1.54) is 0 Å². The Bertz CT molecular complexity index is 820. The minimum absolute atomic E-state index is 0.0652. The number of hydrogen-bond donors (Lipinski definition) is 1. The molecule has 0 aliphatic carbocycles. The maximum absolute atomic E-state index is 12.2. The van der Waals surface area contributed by atoms with Gasteiger partial charge in [0.25, 0.3) is 5.91 Å². The van der Waals surface area contributed by atoms with Crippen LogP contribution in [0.1, 0.15) is 28.7 Å². The average Bonchev–Trinajstić information content (AvgIpc) is 2.89. The Hall–Kier alpha value is -3.34. The van der Waals surface area contributed by atoms with Gasteiger partial charge >= 0.3 is 5.97 Å². The highest BCUT2D eigenvalue weighted by Crippen LogP contribution is 2.23. The van der Waals surface area contributed by atoms with Crippen molar-refractivity contribution in [3.63, 3.8) is 0 Å². The molecule has 0 bridgehead atoms. The smallest absolute Gasteiger partial charge is 0.360 e. The third kappa shape index (κ3) is 3.52. The van der Waals surface area contributed by atoms with Crippen LogP contribution in [-0.2, 0) is 9.53 Å². The molecule has 0 fully saturated rings. The molecule has 2 aromatic rings. The molecule has 1 aromatic carbocycles. The first kappa shape index (κ1) is 17.0. The fourth-order valence-electron chi connectivity index (χ4n) is 2.10. The largest absolute Gasteiger partial charge is 0.461 e. The number of benzene rings is 1. The Morgan fingerprint density at radius 3 is 2.79 bits per heavy atom. The van der Waals surface area contributed by atoms with E-state index >= 15 is 0 Å². The lowest BCUT2D eigenvalue weighted by Gasteiger charge is -2.12. The van der Waals surface area contributed by atoms with Gasteiger partial charge in [-0.15, -0.1) is 0 Å². The predicted molar refractivity (Wildman–Crippen MR) is 83.7 cm³/mol. The van der Waals surface area contributed by atoms with Gasteiger partial charge in [-0.2, -0.15) is 9.99 Å². The molecular weight excluding hydrogens is 312 g/mol. The van der Waals surface area contributed by atoms with E-state index in [1.807, 2.05) is 6.07 Å². The van der Waals surface area contributed by atoms with Crippen molar-refractivity contribution in [2.75, 3.05) is 13.2 Å². The van der Waals surface area contributed by atoms with E-state index in [2.05, 4.69) is 4.98 Å². The first-order chi connectivity index (χ1) is 11.5. The molecule has 1 heterocycles. The molecule has 1 amide bonds. The van der Waals surface area contributed by atoms with Gasteiger partial charge in [-0.1, -0.05) is 12.1 Å². The summed E-state index contributed by atoms with van der Waals surface area (Å²) in [5.74, 6) is -1.06. The number of esters is 1. The van der Waals surface area contributed by atoms with E-state index in [4.69, 9.17) is 20.6 Å². The van der Waals surface area contributed by atoms with Crippen LogP contribution in [0.3, 0.4) is 0 Å². The van der Waals surface area contributed by atoms with Crippen LogP contribution in [0.5, 0.6) is 0 Å². The summed E-state index contributed by atoms with van der Waals surface area (Å²) in [6, 6.07) is 8.66. The molecule has 0 aliphatic rings. The van der Waals surface area contributed by atoms with E-state index in [1.54, 1.807) is 38.1 Å². The van der Waals surface area contributed by atoms with Crippen molar-refractivity contribution >= 4 is 11.9 Å². The number of carbonyl (C=O) groups excluding carboxylic acids is 2. The summed E-state index contributed by atoms with van der Waals surface area (Å²) >= 11 is 0. The number of imidazole rings is 1. The number of primary amides is 1. The summed E-state index contributed by atoms with van der Waals surface area (Å²) in [6.07, 6.45) is 0. The number of nitriles is 1. The summed E-state index contributed by atoms with van der Waals surface area (Å²) < 4.78 is 6.12. The first-order valence-corrected chi connectivity index (χ1v) is 7.16. The first-order valence-electron chi connectivity index (χ1n) is 7.16. The highest BCUT2D eigenvalue weighted by molar-refractivity contribution is 5.90. The van der Waals surface area contributed by atoms with Crippen LogP contribution in [-0.4, -0.2) is 34.8 Å². The van der Waals surface area contributed by atoms with Gasteiger partial charge < -0.3 is 15.3 Å². The number of rotatable bonds is 6. The Morgan fingerprint density at radius 2 is 2.17 bits per heavy atom. The zero-order chi connectivity index (χ0) is 17.7. The molecule has 0 aliphatic heterocycles. The number of amides is 1. The van der Waals surface area contributed by atoms with E-state index in [9.17, 15) is 9.59 Å². The third-order valence-corrected chi connectivity index (χ3v) is 3.07. The molecule has 0 radical (unpaired) electrons. The topological polar surface area (TPSA) is 120 Å². The quantitative estimate of drug-likeness (QED) is 0.784. The zero-order valence-corrected chi connectivity index (χ0v) is 13.3. The predicted octanol–water partition coefficient (Wildman–Crippen LogP) is 0.821. The van der Waals surface area contributed by atoms with Crippen molar-refractivity contribution in [1.82, 2.24) is 9.71 Å². The van der Waals surface area contributed by atoms with E-state index < -0.39 is 18.5 Å². The van der Waals surface area contributed by atoms with Crippen LogP contribution in [0, 0.1) is 18.3 Å². The number of nitrogens with two attached hydrogens (primary N) is 1. The van der Waals surface area contributed by atoms with Crippen LogP contribution >= 0.6 is 0 Å². The maximum Gasteiger partial charge on any atom is 0.360 e. The fourth-order valence-corrected chi connectivity index (χ4v) is 2.10. The minimum atomic E-state index is -0.701. The maximum atomic E-state index is 12.2. The lowest BCUT2D eigenvalue weighted by Crippen LogP contribution is -2.28. The number of carbonyl (C=O) groups is 2. The van der Waals surface area contributed by atoms with Crippen LogP contribution in [0.15, 0.2) is 24.3 Å². The Labute approximate surface area is 138 Å². The van der Waals surface area contributed by atoms with E-state index in [0.29, 0.717) is 16.8 Å². The van der Waals surface area contributed by atoms with Gasteiger partial charge in [-0.25, -0.2) is 9.78 Å². The average molecular weight is 328 g/mol. The summed E-state index contributed by atoms with van der Waals surface area (Å²) in [5, 5.41) is 9.03. The van der Waals surface area contributed by atoms with Crippen molar-refractivity contribution in [2.24, 2.45) is 5.73 Å². The standard InChI is InChI=1S/C16H16N4O4/c1-3-23-16(22)14-10(2)19-15(20(14)24-9-13(18)21)12-6-4-5-11(7-12)8-17/h4-7H,3,9H2,1-2H3,(H2,18,21).